The van der Waals surface area contributed by atoms with E-state index < -0.39 is 9.05 Å². The van der Waals surface area contributed by atoms with E-state index in [-0.39, 0.29) is 0 Å². The van der Waals surface area contributed by atoms with E-state index >= 15 is 0 Å². The van der Waals surface area contributed by atoms with Gasteiger partial charge in [-0.1, -0.05) is 39.0 Å². The van der Waals surface area contributed by atoms with Crippen LogP contribution in [0.4, 0.5) is 0 Å². The topological polar surface area (TPSA) is 64.6 Å². The molecule has 7 nitrogen and oxygen atoms in total. The van der Waals surface area contributed by atoms with Crippen molar-refractivity contribution in [2.75, 3.05) is 26.4 Å². The molecule has 0 spiro atoms. The molecule has 0 heterocycles. The van der Waals surface area contributed by atoms with E-state index in [9.17, 15) is 0 Å². The van der Waals surface area contributed by atoms with Crippen LogP contribution in [-0.4, -0.2) is 35.5 Å². The molecule has 8 heteroatoms. The average molecular weight is 340 g/mol. The molecule has 134 valence electrons. The van der Waals surface area contributed by atoms with Crippen LogP contribution < -0.4 is 0 Å². The van der Waals surface area contributed by atoms with Crippen LogP contribution in [-0.2, 0) is 32.8 Å². The Kier molecular flexibility index (Phi) is 15.8. The van der Waals surface area contributed by atoms with Gasteiger partial charge in [-0.3, -0.25) is 0 Å². The Bertz CT molecular complexity index is 209. The van der Waals surface area contributed by atoms with Crippen LogP contribution in [0.3, 0.4) is 0 Å². The molecule has 0 aliphatic carbocycles. The maximum absolute atomic E-state index is 5.64. The summed E-state index contributed by atoms with van der Waals surface area (Å²) in [5, 5.41) is 0. The van der Waals surface area contributed by atoms with Gasteiger partial charge < -0.3 is 4.43 Å². The Morgan fingerprint density at radius 1 is 0.591 bits per heavy atom. The Hall–Kier alpha value is -0.0631. The highest BCUT2D eigenvalue weighted by Crippen LogP contribution is 2.15. The minimum Gasteiger partial charge on any atom is -0.347 e. The zero-order valence-corrected chi connectivity index (χ0v) is 15.4. The van der Waals surface area contributed by atoms with Crippen molar-refractivity contribution in [2.24, 2.45) is 0 Å². The lowest BCUT2D eigenvalue weighted by molar-refractivity contribution is -0.385. The van der Waals surface area contributed by atoms with Gasteiger partial charge in [0.15, 0.2) is 0 Å². The number of hydrogen-bond donors (Lipinski definition) is 0. The molecule has 0 fully saturated rings. The average Bonchev–Trinajstić information content (AvgIpc) is 2.55. The van der Waals surface area contributed by atoms with Gasteiger partial charge >= 0.3 is 9.05 Å². The maximum atomic E-state index is 5.64. The molecule has 22 heavy (non-hydrogen) atoms. The standard InChI is InChI=1S/C14H32O7Si/c1-5-9-10-11-12-13-14-18-22(19-15-6-2,20-16-7-3)21-17-8-4/h5-14H2,1-4H3. The van der Waals surface area contributed by atoms with E-state index in [0.29, 0.717) is 26.4 Å². The molecule has 0 unspecified atom stereocenters. The summed E-state index contributed by atoms with van der Waals surface area (Å²) in [7, 11) is -3.60. The van der Waals surface area contributed by atoms with Crippen molar-refractivity contribution in [1.29, 1.82) is 0 Å². The molecule has 0 aromatic rings. The third-order valence-electron chi connectivity index (χ3n) is 2.61. The van der Waals surface area contributed by atoms with Gasteiger partial charge in [0.05, 0.1) is 19.8 Å². The van der Waals surface area contributed by atoms with E-state index in [0.717, 1.165) is 12.8 Å². The summed E-state index contributed by atoms with van der Waals surface area (Å²) in [6, 6.07) is 0. The molecule has 0 aliphatic heterocycles. The first-order valence-corrected chi connectivity index (χ1v) is 9.93. The summed E-state index contributed by atoms with van der Waals surface area (Å²) in [4.78, 5) is 14.8. The number of rotatable bonds is 17. The van der Waals surface area contributed by atoms with Gasteiger partial charge in [-0.25, -0.2) is 14.7 Å². The number of hydrogen-bond acceptors (Lipinski definition) is 7. The van der Waals surface area contributed by atoms with Crippen molar-refractivity contribution in [1.82, 2.24) is 0 Å². The van der Waals surface area contributed by atoms with Crippen LogP contribution in [0, 0.1) is 0 Å². The van der Waals surface area contributed by atoms with Gasteiger partial charge in [-0.05, 0) is 27.2 Å². The smallest absolute Gasteiger partial charge is 0.347 e. The van der Waals surface area contributed by atoms with Crippen LogP contribution in [0.1, 0.15) is 66.2 Å². The summed E-state index contributed by atoms with van der Waals surface area (Å²) in [5.41, 5.74) is 0. The second-order valence-electron chi connectivity index (χ2n) is 4.59. The Labute approximate surface area is 135 Å². The fraction of sp³-hybridized carbons (Fsp3) is 1.00. The molecule has 0 N–H and O–H groups in total. The van der Waals surface area contributed by atoms with Crippen molar-refractivity contribution in [3.05, 3.63) is 0 Å². The van der Waals surface area contributed by atoms with Crippen molar-refractivity contribution < 1.29 is 32.8 Å². The largest absolute Gasteiger partial charge is 0.764 e. The Morgan fingerprint density at radius 2 is 1.05 bits per heavy atom. The third kappa shape index (κ3) is 11.5. The lowest BCUT2D eigenvalue weighted by Gasteiger charge is -2.23. The molecule has 0 bridgehead atoms. The second-order valence-corrected chi connectivity index (χ2v) is 6.37. The predicted octanol–water partition coefficient (Wildman–Crippen LogP) is 3.70. The summed E-state index contributed by atoms with van der Waals surface area (Å²) in [5.74, 6) is 0. The summed E-state index contributed by atoms with van der Waals surface area (Å²) < 4.78 is 21.1. The molecule has 0 aromatic heterocycles. The molecular weight excluding hydrogens is 308 g/mol. The molecule has 0 amide bonds. The Morgan fingerprint density at radius 3 is 1.50 bits per heavy atom. The fourth-order valence-corrected chi connectivity index (χ4v) is 3.00. The van der Waals surface area contributed by atoms with Gasteiger partial charge in [0, 0.05) is 6.61 Å². The SMILES string of the molecule is CCCCCCCCO[Si](OOCC)(OOCC)OOCC. The van der Waals surface area contributed by atoms with Gasteiger partial charge in [0.1, 0.15) is 0 Å². The van der Waals surface area contributed by atoms with Crippen LogP contribution in [0.15, 0.2) is 0 Å². The molecule has 0 rings (SSSR count). The van der Waals surface area contributed by atoms with Gasteiger partial charge in [-0.15, -0.1) is 0 Å². The van der Waals surface area contributed by atoms with E-state index in [1.165, 1.54) is 25.7 Å². The first-order valence-electron chi connectivity index (χ1n) is 8.30. The quantitative estimate of drug-likeness (QED) is 0.173. The third-order valence-corrected chi connectivity index (χ3v) is 4.14. The lowest BCUT2D eigenvalue weighted by Crippen LogP contribution is -2.49. The normalized spacial score (nSPS) is 12.0. The molecule has 0 saturated carbocycles. The second kappa shape index (κ2) is 15.8. The first-order chi connectivity index (χ1) is 10.7. The first kappa shape index (κ1) is 21.9. The van der Waals surface area contributed by atoms with E-state index in [1.807, 2.05) is 0 Å². The van der Waals surface area contributed by atoms with Crippen LogP contribution in [0.25, 0.3) is 0 Å². The molecule has 0 atom stereocenters. The van der Waals surface area contributed by atoms with Gasteiger partial charge in [-0.2, -0.15) is 13.7 Å². The zero-order valence-electron chi connectivity index (χ0n) is 14.4. The summed E-state index contributed by atoms with van der Waals surface area (Å²) in [6.07, 6.45) is 6.92. The maximum Gasteiger partial charge on any atom is 0.764 e. The zero-order chi connectivity index (χ0) is 16.5. The minimum atomic E-state index is -3.60. The molecule has 0 radical (unpaired) electrons. The van der Waals surface area contributed by atoms with E-state index in [1.54, 1.807) is 20.8 Å². The summed E-state index contributed by atoms with van der Waals surface area (Å²) >= 11 is 0. The predicted molar refractivity (Wildman–Crippen MR) is 83.2 cm³/mol. The molecular formula is C14H32O7Si. The molecule has 0 saturated heterocycles. The highest BCUT2D eigenvalue weighted by atomic mass is 28.4. The van der Waals surface area contributed by atoms with Crippen LogP contribution >= 0.6 is 0 Å². The molecule has 0 aromatic carbocycles. The lowest BCUT2D eigenvalue weighted by atomic mass is 10.1. The van der Waals surface area contributed by atoms with Crippen molar-refractivity contribution in [3.63, 3.8) is 0 Å². The Balaban J connectivity index is 4.21. The van der Waals surface area contributed by atoms with Crippen LogP contribution in [0.5, 0.6) is 0 Å². The van der Waals surface area contributed by atoms with Gasteiger partial charge in [0.25, 0.3) is 0 Å². The fourth-order valence-electron chi connectivity index (χ4n) is 1.59. The van der Waals surface area contributed by atoms with Crippen molar-refractivity contribution in [2.45, 2.75) is 66.2 Å². The van der Waals surface area contributed by atoms with Crippen molar-refractivity contribution >= 4 is 9.05 Å². The van der Waals surface area contributed by atoms with Crippen LogP contribution in [0.2, 0.25) is 0 Å². The highest BCUT2D eigenvalue weighted by Gasteiger charge is 2.52. The number of unbranched alkanes of at least 4 members (excludes halogenated alkanes) is 5. The monoisotopic (exact) mass is 340 g/mol. The minimum absolute atomic E-state index is 0.333. The van der Waals surface area contributed by atoms with Gasteiger partial charge in [0.2, 0.25) is 0 Å². The highest BCUT2D eigenvalue weighted by molar-refractivity contribution is 6.52. The van der Waals surface area contributed by atoms with Crippen molar-refractivity contribution in [3.8, 4) is 0 Å². The van der Waals surface area contributed by atoms with E-state index in [4.69, 9.17) is 32.8 Å². The van der Waals surface area contributed by atoms with E-state index in [2.05, 4.69) is 6.92 Å². The summed E-state index contributed by atoms with van der Waals surface area (Å²) in [6.45, 7) is 8.99. The molecule has 0 aliphatic rings.